The zero-order valence-electron chi connectivity index (χ0n) is 12.8. The molecule has 0 aromatic heterocycles. The van der Waals surface area contributed by atoms with Gasteiger partial charge >= 0.3 is 27.1 Å². The average molecular weight is 376 g/mol. The molecule has 2 N–H and O–H groups in total. The van der Waals surface area contributed by atoms with Crippen LogP contribution in [0.4, 0.5) is 0 Å². The summed E-state index contributed by atoms with van der Waals surface area (Å²) in [4.78, 5) is 42.6. The fraction of sp³-hybridized carbons (Fsp3) is 0.429. The second-order valence-corrected chi connectivity index (χ2v) is 10.0. The molecule has 132 valence electrons. The molecule has 24 heavy (non-hydrogen) atoms. The number of rotatable bonds is 8. The summed E-state index contributed by atoms with van der Waals surface area (Å²) in [5.41, 5.74) is 0. The summed E-state index contributed by atoms with van der Waals surface area (Å²) in [6.07, 6.45) is 5.18. The molecule has 8 nitrogen and oxygen atoms in total. The van der Waals surface area contributed by atoms with E-state index in [1.165, 1.54) is 12.2 Å². The number of hydrogen-bond donors (Lipinski definition) is 2. The summed E-state index contributed by atoms with van der Waals surface area (Å²) >= 11 is 0. The van der Waals surface area contributed by atoms with Crippen molar-refractivity contribution in [2.75, 3.05) is 0 Å². The van der Waals surface area contributed by atoms with E-state index in [2.05, 4.69) is 22.2 Å². The van der Waals surface area contributed by atoms with Gasteiger partial charge in [0.05, 0.1) is 0 Å². The molecule has 0 amide bonds. The fourth-order valence-corrected chi connectivity index (χ4v) is 4.87. The van der Waals surface area contributed by atoms with E-state index in [4.69, 9.17) is 0 Å². The van der Waals surface area contributed by atoms with E-state index in [9.17, 15) is 28.5 Å². The first-order valence-electron chi connectivity index (χ1n) is 7.11. The Morgan fingerprint density at radius 1 is 0.833 bits per heavy atom. The first-order valence-corrected chi connectivity index (χ1v) is 10.3. The molecule has 0 saturated heterocycles. The van der Waals surface area contributed by atoms with Gasteiger partial charge in [0, 0.05) is 12.2 Å². The molecule has 0 bridgehead atoms. The predicted octanol–water partition coefficient (Wildman–Crippen LogP) is 2.44. The fourth-order valence-electron chi connectivity index (χ4n) is 2.08. The van der Waals surface area contributed by atoms with Crippen LogP contribution in [0.5, 0.6) is 0 Å². The molecule has 0 aromatic rings. The lowest BCUT2D eigenvalue weighted by atomic mass is 10.4. The van der Waals surface area contributed by atoms with E-state index >= 15 is 0 Å². The number of carbonyl (C=O) groups is 2. The molecule has 2 unspecified atom stereocenters. The second kappa shape index (κ2) is 6.12. The molecule has 0 spiro atoms. The van der Waals surface area contributed by atoms with Crippen molar-refractivity contribution in [3.8, 4) is 0 Å². The van der Waals surface area contributed by atoms with Gasteiger partial charge in [-0.2, -0.15) is 0 Å². The third-order valence-corrected chi connectivity index (χ3v) is 8.56. The van der Waals surface area contributed by atoms with Gasteiger partial charge in [-0.25, -0.2) is 18.7 Å². The first kappa shape index (κ1) is 18.9. The molecule has 2 fully saturated rings. The van der Waals surface area contributed by atoms with Crippen LogP contribution < -0.4 is 0 Å². The topological polar surface area (TPSA) is 127 Å². The Balaban J connectivity index is 1.93. The third-order valence-electron chi connectivity index (χ3n) is 4.19. The Labute approximate surface area is 138 Å². The van der Waals surface area contributed by atoms with Crippen LogP contribution in [-0.2, 0) is 27.8 Å². The van der Waals surface area contributed by atoms with Crippen LogP contribution >= 0.6 is 15.2 Å². The SMILES string of the molecule is C=CC1(P(=O)(O)OC(=O)/C=C\C(=O)OP(=O)(O)C2(C=C)CC2)CC1. The van der Waals surface area contributed by atoms with Gasteiger partial charge in [0.25, 0.3) is 0 Å². The van der Waals surface area contributed by atoms with Crippen LogP contribution in [0.25, 0.3) is 0 Å². The van der Waals surface area contributed by atoms with Crippen molar-refractivity contribution in [1.82, 2.24) is 0 Å². The summed E-state index contributed by atoms with van der Waals surface area (Å²) < 4.78 is 33.0. The van der Waals surface area contributed by atoms with E-state index in [1.54, 1.807) is 0 Å². The molecule has 2 atom stereocenters. The molecular formula is C14H18O8P2. The summed E-state index contributed by atoms with van der Waals surface area (Å²) in [5, 5.41) is -2.25. The number of hydrogen-bond acceptors (Lipinski definition) is 6. The van der Waals surface area contributed by atoms with E-state index in [1.807, 2.05) is 0 Å². The van der Waals surface area contributed by atoms with Gasteiger partial charge in [0.1, 0.15) is 10.3 Å². The lowest BCUT2D eigenvalue weighted by Gasteiger charge is -2.17. The largest absolute Gasteiger partial charge is 0.388 e. The van der Waals surface area contributed by atoms with Crippen molar-refractivity contribution in [3.63, 3.8) is 0 Å². The monoisotopic (exact) mass is 376 g/mol. The van der Waals surface area contributed by atoms with Crippen molar-refractivity contribution < 1.29 is 37.6 Å². The standard InChI is InChI=1S/C14H18O8P2/c1-3-13(7-8-13)23(17,18)21-11(15)5-6-12(16)22-24(19,20)14(4-2)9-10-14/h3-6H,1-2,7-10H2,(H,17,18)(H,19,20)/b6-5-. The van der Waals surface area contributed by atoms with Crippen LogP contribution in [0.3, 0.4) is 0 Å². The van der Waals surface area contributed by atoms with Gasteiger partial charge < -0.3 is 18.8 Å². The molecule has 0 aliphatic heterocycles. The molecule has 0 radical (unpaired) electrons. The minimum atomic E-state index is -4.25. The maximum atomic E-state index is 12.0. The van der Waals surface area contributed by atoms with Crippen molar-refractivity contribution in [2.24, 2.45) is 0 Å². The van der Waals surface area contributed by atoms with Crippen LogP contribution in [-0.4, -0.2) is 32.0 Å². The van der Waals surface area contributed by atoms with Crippen molar-refractivity contribution in [2.45, 2.75) is 36.0 Å². The molecule has 2 saturated carbocycles. The van der Waals surface area contributed by atoms with Crippen molar-refractivity contribution in [3.05, 3.63) is 37.5 Å². The van der Waals surface area contributed by atoms with E-state index < -0.39 is 37.4 Å². The van der Waals surface area contributed by atoms with Gasteiger partial charge in [0.2, 0.25) is 0 Å². The van der Waals surface area contributed by atoms with Gasteiger partial charge in [0.15, 0.2) is 0 Å². The maximum Gasteiger partial charge on any atom is 0.388 e. The lowest BCUT2D eigenvalue weighted by Crippen LogP contribution is -2.13. The van der Waals surface area contributed by atoms with Crippen LogP contribution in [0, 0.1) is 0 Å². The Hall–Kier alpha value is -1.46. The zero-order valence-corrected chi connectivity index (χ0v) is 14.6. The van der Waals surface area contributed by atoms with Crippen molar-refractivity contribution in [1.29, 1.82) is 0 Å². The third kappa shape index (κ3) is 3.47. The highest BCUT2D eigenvalue weighted by Gasteiger charge is 2.58. The molecule has 10 heteroatoms. The highest BCUT2D eigenvalue weighted by Crippen LogP contribution is 2.69. The zero-order chi connectivity index (χ0) is 18.2. The molecular weight excluding hydrogens is 358 g/mol. The number of allylic oxidation sites excluding steroid dienone is 2. The van der Waals surface area contributed by atoms with Crippen LogP contribution in [0.1, 0.15) is 25.7 Å². The maximum absolute atomic E-state index is 12.0. The molecule has 0 heterocycles. The molecule has 2 aliphatic rings. The summed E-state index contributed by atoms with van der Waals surface area (Å²) in [7, 11) is -8.50. The molecule has 2 rings (SSSR count). The molecule has 2 aliphatic carbocycles. The summed E-state index contributed by atoms with van der Waals surface area (Å²) in [6.45, 7) is 6.87. The predicted molar refractivity (Wildman–Crippen MR) is 85.3 cm³/mol. The van der Waals surface area contributed by atoms with E-state index in [0.717, 1.165) is 0 Å². The van der Waals surface area contributed by atoms with Crippen LogP contribution in [0.2, 0.25) is 0 Å². The quantitative estimate of drug-likeness (QED) is 0.376. The van der Waals surface area contributed by atoms with Gasteiger partial charge in [-0.1, -0.05) is 12.2 Å². The second-order valence-electron chi connectivity index (χ2n) is 5.81. The highest BCUT2D eigenvalue weighted by molar-refractivity contribution is 7.56. The van der Waals surface area contributed by atoms with Gasteiger partial charge in [-0.15, -0.1) is 13.2 Å². The van der Waals surface area contributed by atoms with E-state index in [-0.39, 0.29) is 0 Å². The van der Waals surface area contributed by atoms with Crippen LogP contribution in [0.15, 0.2) is 37.5 Å². The van der Waals surface area contributed by atoms with Crippen molar-refractivity contribution >= 4 is 27.1 Å². The Kier molecular flexibility index (Phi) is 4.81. The Bertz CT molecular complexity index is 654. The average Bonchev–Trinajstić information content (AvgIpc) is 3.37. The minimum absolute atomic E-state index is 0.376. The smallest absolute Gasteiger partial charge is 0.388 e. The molecule has 0 aromatic carbocycles. The first-order chi connectivity index (χ1) is 11.0. The van der Waals surface area contributed by atoms with Gasteiger partial charge in [-0.3, -0.25) is 0 Å². The van der Waals surface area contributed by atoms with E-state index in [0.29, 0.717) is 37.8 Å². The lowest BCUT2D eigenvalue weighted by molar-refractivity contribution is -0.132. The summed E-state index contributed by atoms with van der Waals surface area (Å²) in [5.74, 6) is -2.47. The Morgan fingerprint density at radius 2 is 1.12 bits per heavy atom. The normalized spacial score (nSPS) is 24.9. The Morgan fingerprint density at radius 3 is 1.33 bits per heavy atom. The minimum Gasteiger partial charge on any atom is -0.388 e. The number of carbonyl (C=O) groups excluding carboxylic acids is 2. The van der Waals surface area contributed by atoms with Gasteiger partial charge in [-0.05, 0) is 25.7 Å². The highest BCUT2D eigenvalue weighted by atomic mass is 31.2. The summed E-state index contributed by atoms with van der Waals surface area (Å²) in [6, 6.07) is 0.